The number of nitrogens with zero attached hydrogens (tertiary/aromatic N) is 5. The van der Waals surface area contributed by atoms with Gasteiger partial charge in [0, 0.05) is 12.6 Å². The van der Waals surface area contributed by atoms with Gasteiger partial charge in [-0.05, 0) is 64.2 Å². The van der Waals surface area contributed by atoms with E-state index in [4.69, 9.17) is 4.74 Å². The summed E-state index contributed by atoms with van der Waals surface area (Å²) in [4.78, 5) is 45.3. The number of carbonyl (C=O) groups excluding carboxylic acids is 2. The summed E-state index contributed by atoms with van der Waals surface area (Å²) < 4.78 is 19.7. The minimum absolute atomic E-state index is 0.0174. The number of ether oxygens (including phenoxy) is 1. The Labute approximate surface area is 208 Å². The maximum absolute atomic E-state index is 13.6. The van der Waals surface area contributed by atoms with Crippen LogP contribution in [0.5, 0.6) is 5.75 Å². The quantitative estimate of drug-likeness (QED) is 0.339. The molecule has 4 aromatic rings. The molecule has 1 aliphatic carbocycles. The van der Waals surface area contributed by atoms with Crippen LogP contribution in [0, 0.1) is 5.82 Å². The van der Waals surface area contributed by atoms with E-state index in [1.54, 1.807) is 6.07 Å². The van der Waals surface area contributed by atoms with Crippen molar-refractivity contribution in [1.82, 2.24) is 40.8 Å². The first-order valence-corrected chi connectivity index (χ1v) is 11.3. The number of carbonyl (C=O) groups is 2. The van der Waals surface area contributed by atoms with Gasteiger partial charge < -0.3 is 15.4 Å². The number of fused-ring (bicyclic) bond motifs is 1. The average Bonchev–Trinajstić information content (AvgIpc) is 3.53. The average molecular weight is 504 g/mol. The molecule has 2 aromatic carbocycles. The molecule has 0 aliphatic heterocycles. The Hall–Kier alpha value is -4.94. The molecule has 0 radical (unpaired) electrons. The number of benzene rings is 2. The van der Waals surface area contributed by atoms with Gasteiger partial charge in [-0.3, -0.25) is 9.59 Å². The molecule has 0 bridgehead atoms. The summed E-state index contributed by atoms with van der Waals surface area (Å²) in [5.74, 6) is -1.39. The number of tetrazole rings is 1. The molecule has 0 spiro atoms. The third-order valence-electron chi connectivity index (χ3n) is 6.03. The number of H-pyrrole nitrogens is 1. The topological polar surface area (TPSA) is 157 Å². The molecular weight excluding hydrogens is 483 g/mol. The monoisotopic (exact) mass is 504 g/mol. The number of halogens is 1. The zero-order chi connectivity index (χ0) is 25.9. The van der Waals surface area contributed by atoms with Crippen LogP contribution in [-0.4, -0.2) is 49.1 Å². The van der Waals surface area contributed by atoms with Crippen LogP contribution in [0.2, 0.25) is 0 Å². The van der Waals surface area contributed by atoms with Gasteiger partial charge in [0.1, 0.15) is 17.7 Å². The molecule has 0 fully saturated rings. The first-order chi connectivity index (χ1) is 17.9. The van der Waals surface area contributed by atoms with Crippen LogP contribution in [-0.2, 0) is 13.0 Å². The highest BCUT2D eigenvalue weighted by Crippen LogP contribution is 2.32. The summed E-state index contributed by atoms with van der Waals surface area (Å²) in [7, 11) is 1.36. The van der Waals surface area contributed by atoms with E-state index < -0.39 is 23.3 Å². The number of methoxy groups -OCH3 is 1. The number of rotatable bonds is 7. The molecular formula is C24H21FN8O4. The van der Waals surface area contributed by atoms with Crippen LogP contribution >= 0.6 is 0 Å². The fourth-order valence-electron chi connectivity index (χ4n) is 4.18. The molecule has 0 saturated carbocycles. The normalized spacial score (nSPS) is 14.2. The smallest absolute Gasteiger partial charge is 0.365 e. The van der Waals surface area contributed by atoms with E-state index in [-0.39, 0.29) is 29.7 Å². The van der Waals surface area contributed by atoms with Crippen molar-refractivity contribution in [2.75, 3.05) is 7.11 Å². The Morgan fingerprint density at radius 2 is 1.95 bits per heavy atom. The van der Waals surface area contributed by atoms with E-state index in [9.17, 15) is 18.8 Å². The van der Waals surface area contributed by atoms with Gasteiger partial charge in [0.15, 0.2) is 11.6 Å². The van der Waals surface area contributed by atoms with Gasteiger partial charge >= 0.3 is 5.69 Å². The van der Waals surface area contributed by atoms with Crippen molar-refractivity contribution >= 4 is 11.8 Å². The zero-order valence-electron chi connectivity index (χ0n) is 19.6. The lowest BCUT2D eigenvalue weighted by Crippen LogP contribution is -2.29. The van der Waals surface area contributed by atoms with E-state index in [0.29, 0.717) is 24.1 Å². The van der Waals surface area contributed by atoms with Crippen LogP contribution in [0.25, 0.3) is 5.69 Å². The van der Waals surface area contributed by atoms with Gasteiger partial charge in [-0.1, -0.05) is 12.1 Å². The maximum Gasteiger partial charge on any atom is 0.365 e. The van der Waals surface area contributed by atoms with Crippen LogP contribution in [0.1, 0.15) is 50.1 Å². The second kappa shape index (κ2) is 9.97. The third kappa shape index (κ3) is 4.91. The number of amides is 2. The maximum atomic E-state index is 13.6. The number of hydrogen-bond donors (Lipinski definition) is 3. The molecule has 1 atom stereocenters. The summed E-state index contributed by atoms with van der Waals surface area (Å²) in [6.07, 6.45) is 2.51. The minimum Gasteiger partial charge on any atom is -0.494 e. The minimum atomic E-state index is -0.512. The molecule has 2 aromatic heterocycles. The number of aryl methyl sites for hydroxylation is 1. The second-order valence-electron chi connectivity index (χ2n) is 8.31. The Morgan fingerprint density at radius 1 is 1.14 bits per heavy atom. The van der Waals surface area contributed by atoms with E-state index in [1.165, 1.54) is 31.4 Å². The summed E-state index contributed by atoms with van der Waals surface area (Å²) in [5, 5.41) is 15.1. The molecule has 12 nitrogen and oxygen atoms in total. The number of aromatic nitrogens is 6. The van der Waals surface area contributed by atoms with Crippen LogP contribution < -0.4 is 21.1 Å². The van der Waals surface area contributed by atoms with Crippen molar-refractivity contribution in [3.8, 4) is 11.4 Å². The van der Waals surface area contributed by atoms with Gasteiger partial charge in [-0.25, -0.2) is 24.3 Å². The van der Waals surface area contributed by atoms with E-state index in [0.717, 1.165) is 22.1 Å². The summed E-state index contributed by atoms with van der Waals surface area (Å²) in [6, 6.07) is 10.7. The fraction of sp³-hybridized carbons (Fsp3) is 0.208. The predicted octanol–water partition coefficient (Wildman–Crippen LogP) is 1.24. The number of hydrogen-bond acceptors (Lipinski definition) is 8. The van der Waals surface area contributed by atoms with Gasteiger partial charge in [0.05, 0.1) is 18.8 Å². The molecule has 0 saturated heterocycles. The fourth-order valence-corrected chi connectivity index (χ4v) is 4.18. The molecule has 37 heavy (non-hydrogen) atoms. The van der Waals surface area contributed by atoms with E-state index in [1.807, 2.05) is 12.1 Å². The van der Waals surface area contributed by atoms with Crippen molar-refractivity contribution in [3.05, 3.63) is 93.2 Å². The lowest BCUT2D eigenvalue weighted by molar-refractivity contribution is 0.0931. The van der Waals surface area contributed by atoms with Crippen molar-refractivity contribution < 1.29 is 18.7 Å². The first kappa shape index (κ1) is 23.8. The molecule has 13 heteroatoms. The van der Waals surface area contributed by atoms with E-state index in [2.05, 4.69) is 36.1 Å². The Morgan fingerprint density at radius 3 is 2.70 bits per heavy atom. The van der Waals surface area contributed by atoms with Crippen molar-refractivity contribution in [3.63, 3.8) is 0 Å². The molecule has 2 amide bonds. The largest absolute Gasteiger partial charge is 0.494 e. The molecule has 2 heterocycles. The molecule has 188 valence electrons. The molecule has 0 unspecified atom stereocenters. The van der Waals surface area contributed by atoms with Gasteiger partial charge in [0.25, 0.3) is 11.8 Å². The summed E-state index contributed by atoms with van der Waals surface area (Å²) in [6.45, 7) is 0.113. The van der Waals surface area contributed by atoms with E-state index >= 15 is 0 Å². The van der Waals surface area contributed by atoms with Crippen LogP contribution in [0.15, 0.2) is 53.6 Å². The highest BCUT2D eigenvalue weighted by atomic mass is 19.1. The third-order valence-corrected chi connectivity index (χ3v) is 6.03. The number of aromatic amines is 1. The Balaban J connectivity index is 1.24. The highest BCUT2D eigenvalue weighted by Gasteiger charge is 2.26. The molecule has 3 N–H and O–H groups in total. The standard InChI is InChI=1S/C24H21FN8O4/c1-37-21-8-13(2-6-17(21)25)11-26-22(34)19-10-20(28-12-27-19)23(35)29-18-7-3-14-9-15(4-5-16(14)18)33-24(36)30-31-32-33/h2,4-6,8-10,12,18H,3,7,11H2,1H3,(H,26,34)(H,29,35)(H,30,32,36)/t18-/m1/s1. The predicted molar refractivity (Wildman–Crippen MR) is 127 cm³/mol. The highest BCUT2D eigenvalue weighted by molar-refractivity contribution is 5.97. The first-order valence-electron chi connectivity index (χ1n) is 11.3. The Kier molecular flexibility index (Phi) is 6.41. The number of nitrogens with one attached hydrogen (secondary N) is 3. The van der Waals surface area contributed by atoms with Crippen molar-refractivity contribution in [2.45, 2.75) is 25.4 Å². The molecule has 5 rings (SSSR count). The SMILES string of the molecule is COc1cc(CNC(=O)c2cc(C(=O)N[C@@H]3CCc4cc(-n5nn[nH]c5=O)ccc43)ncn2)ccc1F. The van der Waals surface area contributed by atoms with Crippen LogP contribution in [0.3, 0.4) is 0 Å². The second-order valence-corrected chi connectivity index (χ2v) is 8.31. The lowest BCUT2D eigenvalue weighted by atomic mass is 10.1. The van der Waals surface area contributed by atoms with Gasteiger partial charge in [-0.2, -0.15) is 4.68 Å². The van der Waals surface area contributed by atoms with Gasteiger partial charge in [-0.15, -0.1) is 0 Å². The van der Waals surface area contributed by atoms with Crippen molar-refractivity contribution in [2.24, 2.45) is 0 Å². The Bertz CT molecular complexity index is 1550. The summed E-state index contributed by atoms with van der Waals surface area (Å²) >= 11 is 0. The zero-order valence-corrected chi connectivity index (χ0v) is 19.6. The van der Waals surface area contributed by atoms with Crippen LogP contribution in [0.4, 0.5) is 4.39 Å². The molecule has 1 aliphatic rings. The lowest BCUT2D eigenvalue weighted by Gasteiger charge is -2.14. The van der Waals surface area contributed by atoms with Crippen molar-refractivity contribution in [1.29, 1.82) is 0 Å². The summed E-state index contributed by atoms with van der Waals surface area (Å²) in [5.41, 5.74) is 2.74. The van der Waals surface area contributed by atoms with Gasteiger partial charge in [0.2, 0.25) is 0 Å².